The Morgan fingerprint density at radius 1 is 1.55 bits per heavy atom. The van der Waals surface area contributed by atoms with Crippen molar-refractivity contribution in [2.45, 2.75) is 44.9 Å². The molecule has 1 aliphatic heterocycles. The van der Waals surface area contributed by atoms with Crippen molar-refractivity contribution in [3.63, 3.8) is 0 Å². The minimum absolute atomic E-state index is 0.199. The zero-order valence-electron chi connectivity index (χ0n) is 11.9. The van der Waals surface area contributed by atoms with E-state index in [9.17, 15) is 5.11 Å². The molecule has 1 atom stereocenters. The molecule has 0 bridgehead atoms. The van der Waals surface area contributed by atoms with Crippen molar-refractivity contribution in [3.8, 4) is 10.6 Å². The quantitative estimate of drug-likeness (QED) is 0.940. The lowest BCUT2D eigenvalue weighted by Crippen LogP contribution is -2.45. The molecule has 1 saturated heterocycles. The first-order valence-electron chi connectivity index (χ1n) is 7.00. The Morgan fingerprint density at radius 3 is 3.10 bits per heavy atom. The van der Waals surface area contributed by atoms with Gasteiger partial charge in [0.1, 0.15) is 0 Å². The highest BCUT2D eigenvalue weighted by molar-refractivity contribution is 7.13. The highest BCUT2D eigenvalue weighted by atomic mass is 32.1. The summed E-state index contributed by atoms with van der Waals surface area (Å²) in [5.41, 5.74) is 0.265. The van der Waals surface area contributed by atoms with Crippen molar-refractivity contribution in [2.75, 3.05) is 6.54 Å². The summed E-state index contributed by atoms with van der Waals surface area (Å²) in [6.45, 7) is 5.52. The van der Waals surface area contributed by atoms with Crippen LogP contribution >= 0.6 is 11.3 Å². The Kier molecular flexibility index (Phi) is 3.67. The number of hydrogen-bond acceptors (Lipinski definition) is 5. The number of hydrogen-bond donors (Lipinski definition) is 1. The van der Waals surface area contributed by atoms with E-state index >= 15 is 0 Å². The summed E-state index contributed by atoms with van der Waals surface area (Å²) in [5.74, 6) is 0.828. The summed E-state index contributed by atoms with van der Waals surface area (Å²) >= 11 is 1.65. The zero-order valence-corrected chi connectivity index (χ0v) is 12.7. The van der Waals surface area contributed by atoms with E-state index in [0.29, 0.717) is 0 Å². The van der Waals surface area contributed by atoms with Crippen LogP contribution in [-0.4, -0.2) is 33.4 Å². The molecule has 1 N–H and O–H groups in total. The zero-order chi connectivity index (χ0) is 14.2. The molecule has 1 unspecified atom stereocenters. The van der Waals surface area contributed by atoms with Gasteiger partial charge in [0.05, 0.1) is 16.2 Å². The third kappa shape index (κ3) is 2.80. The molecule has 3 heterocycles. The molecule has 5 heteroatoms. The van der Waals surface area contributed by atoms with Gasteiger partial charge < -0.3 is 9.63 Å². The molecule has 0 aliphatic carbocycles. The number of likely N-dealkylation sites (tertiary alicyclic amines) is 1. The SMILES string of the molecule is CC(C)(O)C1CCCN1Cc1cc(-c2cccs2)on1. The van der Waals surface area contributed by atoms with Crippen LogP contribution in [0.1, 0.15) is 32.4 Å². The van der Waals surface area contributed by atoms with E-state index in [1.54, 1.807) is 11.3 Å². The van der Waals surface area contributed by atoms with Crippen molar-refractivity contribution < 1.29 is 9.63 Å². The molecule has 108 valence electrons. The Morgan fingerprint density at radius 2 is 2.40 bits per heavy atom. The molecule has 4 nitrogen and oxygen atoms in total. The lowest BCUT2D eigenvalue weighted by Gasteiger charge is -2.33. The van der Waals surface area contributed by atoms with E-state index < -0.39 is 5.60 Å². The second-order valence-electron chi connectivity index (χ2n) is 5.94. The number of aliphatic hydroxyl groups is 1. The molecule has 0 radical (unpaired) electrons. The lowest BCUT2D eigenvalue weighted by atomic mass is 9.96. The molecule has 1 fully saturated rings. The Hall–Kier alpha value is -1.17. The van der Waals surface area contributed by atoms with Crippen LogP contribution < -0.4 is 0 Å². The standard InChI is InChI=1S/C15H20N2O2S/c1-15(2,18)14-6-3-7-17(14)10-11-9-12(19-16-11)13-5-4-8-20-13/h4-5,8-9,14,18H,3,6-7,10H2,1-2H3. The Bertz CT molecular complexity index is 557. The first-order valence-corrected chi connectivity index (χ1v) is 7.88. The fourth-order valence-electron chi connectivity index (χ4n) is 2.94. The number of rotatable bonds is 4. The van der Waals surface area contributed by atoms with Crippen LogP contribution in [-0.2, 0) is 6.54 Å². The van der Waals surface area contributed by atoms with Crippen LogP contribution in [0.3, 0.4) is 0 Å². The van der Waals surface area contributed by atoms with Gasteiger partial charge in [0.2, 0.25) is 0 Å². The van der Waals surface area contributed by atoms with Crippen LogP contribution in [0.15, 0.2) is 28.1 Å². The lowest BCUT2D eigenvalue weighted by molar-refractivity contribution is -0.00560. The van der Waals surface area contributed by atoms with Gasteiger partial charge in [0.25, 0.3) is 0 Å². The molecular weight excluding hydrogens is 272 g/mol. The maximum Gasteiger partial charge on any atom is 0.177 e. The van der Waals surface area contributed by atoms with Gasteiger partial charge in [-0.2, -0.15) is 0 Å². The van der Waals surface area contributed by atoms with Crippen molar-refractivity contribution in [2.24, 2.45) is 0 Å². The number of nitrogens with zero attached hydrogens (tertiary/aromatic N) is 2. The maximum atomic E-state index is 10.2. The van der Waals surface area contributed by atoms with Gasteiger partial charge in [-0.1, -0.05) is 11.2 Å². The average molecular weight is 292 g/mol. The first kappa shape index (κ1) is 13.8. The normalized spacial score (nSPS) is 20.6. The van der Waals surface area contributed by atoms with Gasteiger partial charge in [-0.3, -0.25) is 4.90 Å². The van der Waals surface area contributed by atoms with Gasteiger partial charge in [0.15, 0.2) is 5.76 Å². The summed E-state index contributed by atoms with van der Waals surface area (Å²) < 4.78 is 5.41. The van der Waals surface area contributed by atoms with E-state index in [1.165, 1.54) is 0 Å². The molecule has 2 aromatic heterocycles. The maximum absolute atomic E-state index is 10.2. The molecular formula is C15H20N2O2S. The molecule has 0 spiro atoms. The minimum Gasteiger partial charge on any atom is -0.389 e. The van der Waals surface area contributed by atoms with E-state index in [0.717, 1.165) is 42.3 Å². The molecule has 0 aromatic carbocycles. The summed E-state index contributed by atoms with van der Waals surface area (Å²) in [6, 6.07) is 6.24. The summed E-state index contributed by atoms with van der Waals surface area (Å²) in [5, 5.41) is 16.4. The van der Waals surface area contributed by atoms with Gasteiger partial charge in [-0.15, -0.1) is 11.3 Å². The fourth-order valence-corrected chi connectivity index (χ4v) is 3.62. The van der Waals surface area contributed by atoms with Crippen LogP contribution in [0.5, 0.6) is 0 Å². The molecule has 1 aliphatic rings. The highest BCUT2D eigenvalue weighted by Crippen LogP contribution is 2.30. The van der Waals surface area contributed by atoms with E-state index in [2.05, 4.69) is 10.1 Å². The van der Waals surface area contributed by atoms with E-state index in [4.69, 9.17) is 4.52 Å². The largest absolute Gasteiger partial charge is 0.389 e. The number of thiophene rings is 1. The summed E-state index contributed by atoms with van der Waals surface area (Å²) in [7, 11) is 0. The van der Waals surface area contributed by atoms with Gasteiger partial charge in [0, 0.05) is 18.7 Å². The molecule has 0 amide bonds. The van der Waals surface area contributed by atoms with Crippen molar-refractivity contribution >= 4 is 11.3 Å². The molecule has 0 saturated carbocycles. The van der Waals surface area contributed by atoms with Crippen LogP contribution in [0.25, 0.3) is 10.6 Å². The van der Waals surface area contributed by atoms with E-state index in [-0.39, 0.29) is 6.04 Å². The van der Waals surface area contributed by atoms with Crippen molar-refractivity contribution in [1.29, 1.82) is 0 Å². The average Bonchev–Trinajstić information content (AvgIpc) is 3.08. The van der Waals surface area contributed by atoms with E-state index in [1.807, 2.05) is 37.4 Å². The monoisotopic (exact) mass is 292 g/mol. The third-order valence-corrected chi connectivity index (χ3v) is 4.75. The number of aromatic nitrogens is 1. The Labute approximate surface area is 123 Å². The molecule has 2 aromatic rings. The van der Waals surface area contributed by atoms with Gasteiger partial charge in [-0.05, 0) is 44.7 Å². The molecule has 3 rings (SSSR count). The van der Waals surface area contributed by atoms with Crippen molar-refractivity contribution in [3.05, 3.63) is 29.3 Å². The predicted molar refractivity (Wildman–Crippen MR) is 79.5 cm³/mol. The first-order chi connectivity index (χ1) is 9.54. The molecule has 20 heavy (non-hydrogen) atoms. The van der Waals surface area contributed by atoms with Crippen molar-refractivity contribution in [1.82, 2.24) is 10.1 Å². The van der Waals surface area contributed by atoms with Gasteiger partial charge >= 0.3 is 0 Å². The minimum atomic E-state index is -0.670. The smallest absolute Gasteiger partial charge is 0.177 e. The summed E-state index contributed by atoms with van der Waals surface area (Å²) in [6.07, 6.45) is 2.17. The third-order valence-electron chi connectivity index (χ3n) is 3.87. The van der Waals surface area contributed by atoms with Crippen LogP contribution in [0.4, 0.5) is 0 Å². The second-order valence-corrected chi connectivity index (χ2v) is 6.89. The second kappa shape index (κ2) is 5.31. The van der Waals surface area contributed by atoms with Crippen LogP contribution in [0, 0.1) is 0 Å². The Balaban J connectivity index is 1.72. The van der Waals surface area contributed by atoms with Crippen LogP contribution in [0.2, 0.25) is 0 Å². The van der Waals surface area contributed by atoms with Gasteiger partial charge in [-0.25, -0.2) is 0 Å². The highest BCUT2D eigenvalue weighted by Gasteiger charge is 2.36. The predicted octanol–water partition coefficient (Wildman–Crippen LogP) is 3.14. The fraction of sp³-hybridized carbons (Fsp3) is 0.533. The summed E-state index contributed by atoms with van der Waals surface area (Å²) in [4.78, 5) is 3.40. The topological polar surface area (TPSA) is 49.5 Å².